The lowest BCUT2D eigenvalue weighted by Gasteiger charge is -2.09. The standard InChI is InChI=1S/C17H18N6O2/c24-17(12-25-14-5-2-1-3-6-14)19-9-8-18-15-11-16(21-13-20-15)23-10-4-7-22-23/h1-7,10-11,13H,8-9,12H2,(H,19,24)(H,18,20,21). The van der Waals surface area contributed by atoms with Crippen molar-refractivity contribution in [2.45, 2.75) is 0 Å². The minimum absolute atomic E-state index is 0.0129. The third-order valence-electron chi connectivity index (χ3n) is 3.26. The normalized spacial score (nSPS) is 10.2. The number of hydrogen-bond donors (Lipinski definition) is 2. The van der Waals surface area contributed by atoms with Gasteiger partial charge < -0.3 is 15.4 Å². The molecule has 1 aromatic carbocycles. The maximum Gasteiger partial charge on any atom is 0.258 e. The van der Waals surface area contributed by atoms with Gasteiger partial charge in [-0.15, -0.1) is 0 Å². The second kappa shape index (κ2) is 8.44. The number of amides is 1. The lowest BCUT2D eigenvalue weighted by molar-refractivity contribution is -0.123. The summed E-state index contributed by atoms with van der Waals surface area (Å²) < 4.78 is 7.03. The topological polar surface area (TPSA) is 94.0 Å². The Balaban J connectivity index is 1.38. The molecule has 2 aromatic heterocycles. The van der Waals surface area contributed by atoms with Gasteiger partial charge in [0, 0.05) is 31.5 Å². The predicted octanol–water partition coefficient (Wildman–Crippen LogP) is 1.27. The molecule has 2 heterocycles. The number of anilines is 1. The highest BCUT2D eigenvalue weighted by atomic mass is 16.5. The van der Waals surface area contributed by atoms with Crippen LogP contribution in [0, 0.1) is 0 Å². The Morgan fingerprint density at radius 3 is 2.80 bits per heavy atom. The van der Waals surface area contributed by atoms with Crippen LogP contribution >= 0.6 is 0 Å². The minimum Gasteiger partial charge on any atom is -0.484 e. The number of aromatic nitrogens is 4. The van der Waals surface area contributed by atoms with Crippen LogP contribution in [-0.4, -0.2) is 45.4 Å². The Labute approximate surface area is 144 Å². The zero-order valence-electron chi connectivity index (χ0n) is 13.5. The fourth-order valence-corrected chi connectivity index (χ4v) is 2.08. The van der Waals surface area contributed by atoms with Crippen molar-refractivity contribution >= 4 is 11.7 Å². The van der Waals surface area contributed by atoms with Gasteiger partial charge >= 0.3 is 0 Å². The number of hydrogen-bond acceptors (Lipinski definition) is 6. The van der Waals surface area contributed by atoms with Gasteiger partial charge in [-0.2, -0.15) is 5.10 Å². The molecule has 0 aliphatic rings. The van der Waals surface area contributed by atoms with E-state index < -0.39 is 0 Å². The summed E-state index contributed by atoms with van der Waals surface area (Å²) in [6, 6.07) is 12.8. The van der Waals surface area contributed by atoms with Gasteiger partial charge in [0.05, 0.1) is 0 Å². The highest BCUT2D eigenvalue weighted by molar-refractivity contribution is 5.77. The molecule has 0 saturated carbocycles. The van der Waals surface area contributed by atoms with Crippen molar-refractivity contribution < 1.29 is 9.53 Å². The Morgan fingerprint density at radius 1 is 1.12 bits per heavy atom. The molecule has 25 heavy (non-hydrogen) atoms. The van der Waals surface area contributed by atoms with Gasteiger partial charge in [-0.3, -0.25) is 4.79 Å². The van der Waals surface area contributed by atoms with Crippen LogP contribution in [0.1, 0.15) is 0 Å². The van der Waals surface area contributed by atoms with Crippen LogP contribution in [0.5, 0.6) is 5.75 Å². The zero-order chi connectivity index (χ0) is 17.3. The van der Waals surface area contributed by atoms with E-state index >= 15 is 0 Å². The van der Waals surface area contributed by atoms with Crippen molar-refractivity contribution in [1.29, 1.82) is 0 Å². The molecule has 0 unspecified atom stereocenters. The Bertz CT molecular complexity index is 792. The van der Waals surface area contributed by atoms with E-state index in [0.29, 0.717) is 30.5 Å². The van der Waals surface area contributed by atoms with E-state index in [9.17, 15) is 4.79 Å². The summed E-state index contributed by atoms with van der Waals surface area (Å²) in [4.78, 5) is 20.0. The van der Waals surface area contributed by atoms with Gasteiger partial charge in [0.2, 0.25) is 0 Å². The second-order valence-corrected chi connectivity index (χ2v) is 5.09. The third kappa shape index (κ3) is 5.03. The number of ether oxygens (including phenoxy) is 1. The van der Waals surface area contributed by atoms with Crippen molar-refractivity contribution in [2.75, 3.05) is 25.0 Å². The molecule has 3 aromatic rings. The molecule has 8 nitrogen and oxygen atoms in total. The SMILES string of the molecule is O=C(COc1ccccc1)NCCNc1cc(-n2cccn2)ncn1. The number of benzene rings is 1. The van der Waals surface area contributed by atoms with E-state index in [1.807, 2.05) is 24.3 Å². The summed E-state index contributed by atoms with van der Waals surface area (Å²) in [6.07, 6.45) is 4.95. The maximum absolute atomic E-state index is 11.7. The molecule has 0 aliphatic carbocycles. The first kappa shape index (κ1) is 16.4. The summed E-state index contributed by atoms with van der Waals surface area (Å²) in [5, 5.41) is 10.0. The van der Waals surface area contributed by atoms with Crippen LogP contribution in [0.15, 0.2) is 61.2 Å². The lowest BCUT2D eigenvalue weighted by atomic mass is 10.3. The van der Waals surface area contributed by atoms with Crippen molar-refractivity contribution in [3.8, 4) is 11.6 Å². The first-order valence-electron chi connectivity index (χ1n) is 7.82. The van der Waals surface area contributed by atoms with Gasteiger partial charge in [0.25, 0.3) is 5.91 Å². The summed E-state index contributed by atoms with van der Waals surface area (Å²) >= 11 is 0. The van der Waals surface area contributed by atoms with E-state index in [1.165, 1.54) is 6.33 Å². The first-order valence-corrected chi connectivity index (χ1v) is 7.82. The van der Waals surface area contributed by atoms with E-state index in [0.717, 1.165) is 0 Å². The van der Waals surface area contributed by atoms with Crippen LogP contribution < -0.4 is 15.4 Å². The molecular weight excluding hydrogens is 320 g/mol. The van der Waals surface area contributed by atoms with E-state index in [-0.39, 0.29) is 12.5 Å². The van der Waals surface area contributed by atoms with Crippen LogP contribution in [-0.2, 0) is 4.79 Å². The number of nitrogens with one attached hydrogen (secondary N) is 2. The van der Waals surface area contributed by atoms with Crippen molar-refractivity contribution in [1.82, 2.24) is 25.1 Å². The van der Waals surface area contributed by atoms with E-state index in [4.69, 9.17) is 4.74 Å². The molecule has 0 spiro atoms. The highest BCUT2D eigenvalue weighted by Crippen LogP contribution is 2.08. The fourth-order valence-electron chi connectivity index (χ4n) is 2.08. The van der Waals surface area contributed by atoms with Gasteiger partial charge in [-0.1, -0.05) is 18.2 Å². The van der Waals surface area contributed by atoms with Crippen molar-refractivity contribution in [2.24, 2.45) is 0 Å². The molecule has 0 radical (unpaired) electrons. The largest absolute Gasteiger partial charge is 0.484 e. The second-order valence-electron chi connectivity index (χ2n) is 5.09. The zero-order valence-corrected chi connectivity index (χ0v) is 13.5. The molecule has 128 valence electrons. The van der Waals surface area contributed by atoms with Crippen LogP contribution in [0.2, 0.25) is 0 Å². The van der Waals surface area contributed by atoms with Crippen LogP contribution in [0.4, 0.5) is 5.82 Å². The summed E-state index contributed by atoms with van der Waals surface area (Å²) in [6.45, 7) is 0.978. The first-order chi connectivity index (χ1) is 12.3. The summed E-state index contributed by atoms with van der Waals surface area (Å²) in [7, 11) is 0. The number of rotatable bonds is 8. The average molecular weight is 338 g/mol. The average Bonchev–Trinajstić information content (AvgIpc) is 3.19. The van der Waals surface area contributed by atoms with Crippen molar-refractivity contribution in [3.05, 3.63) is 61.2 Å². The molecule has 8 heteroatoms. The summed E-state index contributed by atoms with van der Waals surface area (Å²) in [5.74, 6) is 1.83. The van der Waals surface area contributed by atoms with Gasteiger partial charge in [-0.25, -0.2) is 14.6 Å². The van der Waals surface area contributed by atoms with Crippen LogP contribution in [0.25, 0.3) is 5.82 Å². The molecule has 2 N–H and O–H groups in total. The van der Waals surface area contributed by atoms with E-state index in [2.05, 4.69) is 25.7 Å². The Kier molecular flexibility index (Phi) is 5.55. The predicted molar refractivity (Wildman–Crippen MR) is 92.6 cm³/mol. The quantitative estimate of drug-likeness (QED) is 0.601. The van der Waals surface area contributed by atoms with Gasteiger partial charge in [0.15, 0.2) is 12.4 Å². The number of para-hydroxylation sites is 1. The fraction of sp³-hybridized carbons (Fsp3) is 0.176. The molecule has 1 amide bonds. The lowest BCUT2D eigenvalue weighted by Crippen LogP contribution is -2.32. The molecule has 0 atom stereocenters. The van der Waals surface area contributed by atoms with Crippen molar-refractivity contribution in [3.63, 3.8) is 0 Å². The number of nitrogens with zero attached hydrogens (tertiary/aromatic N) is 4. The van der Waals surface area contributed by atoms with E-state index in [1.54, 1.807) is 35.3 Å². The molecule has 0 bridgehead atoms. The van der Waals surface area contributed by atoms with Gasteiger partial charge in [-0.05, 0) is 18.2 Å². The number of carbonyl (C=O) groups is 1. The third-order valence-corrected chi connectivity index (χ3v) is 3.26. The Morgan fingerprint density at radius 2 is 2.00 bits per heavy atom. The van der Waals surface area contributed by atoms with Crippen LogP contribution in [0.3, 0.4) is 0 Å². The number of carbonyl (C=O) groups excluding carboxylic acids is 1. The minimum atomic E-state index is -0.175. The monoisotopic (exact) mass is 338 g/mol. The van der Waals surface area contributed by atoms with Gasteiger partial charge in [0.1, 0.15) is 17.9 Å². The molecule has 0 fully saturated rings. The smallest absolute Gasteiger partial charge is 0.258 e. The molecule has 0 aliphatic heterocycles. The highest BCUT2D eigenvalue weighted by Gasteiger charge is 2.03. The molecular formula is C17H18N6O2. The molecule has 3 rings (SSSR count). The Hall–Kier alpha value is -3.42. The summed E-state index contributed by atoms with van der Waals surface area (Å²) in [5.41, 5.74) is 0. The maximum atomic E-state index is 11.7. The molecule has 0 saturated heterocycles.